The van der Waals surface area contributed by atoms with Gasteiger partial charge in [0.2, 0.25) is 15.9 Å². The first-order chi connectivity index (χ1) is 11.8. The van der Waals surface area contributed by atoms with Gasteiger partial charge in [-0.2, -0.15) is 0 Å². The number of benzene rings is 2. The molecule has 7 heteroatoms. The van der Waals surface area contributed by atoms with Gasteiger partial charge in [-0.15, -0.1) is 0 Å². The van der Waals surface area contributed by atoms with E-state index in [0.717, 1.165) is 17.5 Å². The van der Waals surface area contributed by atoms with Crippen molar-refractivity contribution in [3.05, 3.63) is 59.1 Å². The first kappa shape index (κ1) is 19.3. The van der Waals surface area contributed by atoms with Gasteiger partial charge in [0.05, 0.1) is 11.9 Å². The highest BCUT2D eigenvalue weighted by Crippen LogP contribution is 2.22. The first-order valence-electron chi connectivity index (χ1n) is 7.86. The molecule has 2 aromatic carbocycles. The molecular weight excluding hydrogens is 360 g/mol. The Balaban J connectivity index is 1.97. The molecule has 0 radical (unpaired) electrons. The highest BCUT2D eigenvalue weighted by molar-refractivity contribution is 7.92. The van der Waals surface area contributed by atoms with E-state index in [-0.39, 0.29) is 18.9 Å². The number of hydrogen-bond acceptors (Lipinski definition) is 3. The number of sulfonamides is 1. The Bertz CT molecular complexity index is 853. The lowest BCUT2D eigenvalue weighted by Crippen LogP contribution is -2.31. The second-order valence-electron chi connectivity index (χ2n) is 5.78. The molecule has 1 amide bonds. The van der Waals surface area contributed by atoms with Crippen LogP contribution in [0.2, 0.25) is 5.02 Å². The van der Waals surface area contributed by atoms with Crippen LogP contribution in [-0.4, -0.2) is 27.1 Å². The van der Waals surface area contributed by atoms with Crippen LogP contribution in [0.25, 0.3) is 0 Å². The van der Waals surface area contributed by atoms with Crippen LogP contribution in [0.4, 0.5) is 11.4 Å². The van der Waals surface area contributed by atoms with E-state index in [0.29, 0.717) is 17.1 Å². The van der Waals surface area contributed by atoms with Gasteiger partial charge in [-0.25, -0.2) is 8.42 Å². The van der Waals surface area contributed by atoms with Crippen LogP contribution in [0.3, 0.4) is 0 Å². The third kappa shape index (κ3) is 5.76. The Hall–Kier alpha value is -2.05. The minimum absolute atomic E-state index is 0.145. The number of aryl methyl sites for hydroxylation is 1. The van der Waals surface area contributed by atoms with Gasteiger partial charge in [0, 0.05) is 23.7 Å². The summed E-state index contributed by atoms with van der Waals surface area (Å²) >= 11 is 5.94. The summed E-state index contributed by atoms with van der Waals surface area (Å²) in [6.45, 7) is 2.13. The lowest BCUT2D eigenvalue weighted by atomic mass is 10.2. The van der Waals surface area contributed by atoms with Crippen LogP contribution in [0.5, 0.6) is 0 Å². The van der Waals surface area contributed by atoms with E-state index < -0.39 is 10.0 Å². The maximum absolute atomic E-state index is 12.1. The van der Waals surface area contributed by atoms with Crippen molar-refractivity contribution in [1.29, 1.82) is 0 Å². The number of carbonyl (C=O) groups is 1. The van der Waals surface area contributed by atoms with E-state index in [2.05, 4.69) is 5.32 Å². The quantitative estimate of drug-likeness (QED) is 0.793. The molecule has 0 bridgehead atoms. The highest BCUT2D eigenvalue weighted by Gasteiger charge is 2.18. The summed E-state index contributed by atoms with van der Waals surface area (Å²) in [5.74, 6) is -0.145. The van der Waals surface area contributed by atoms with Gasteiger partial charge in [0.1, 0.15) is 0 Å². The molecule has 0 heterocycles. The average Bonchev–Trinajstić information content (AvgIpc) is 2.52. The normalized spacial score (nSPS) is 11.2. The van der Waals surface area contributed by atoms with Crippen LogP contribution >= 0.6 is 11.6 Å². The van der Waals surface area contributed by atoms with Crippen molar-refractivity contribution in [2.45, 2.75) is 19.8 Å². The molecule has 0 atom stereocenters. The number of amides is 1. The van der Waals surface area contributed by atoms with Gasteiger partial charge in [-0.05, 0) is 43.2 Å². The number of rotatable bonds is 7. The fourth-order valence-corrected chi connectivity index (χ4v) is 3.57. The smallest absolute Gasteiger partial charge is 0.232 e. The second-order valence-corrected chi connectivity index (χ2v) is 8.12. The van der Waals surface area contributed by atoms with Crippen molar-refractivity contribution in [2.24, 2.45) is 0 Å². The van der Waals surface area contributed by atoms with Crippen molar-refractivity contribution < 1.29 is 13.2 Å². The molecule has 0 aliphatic rings. The fraction of sp³-hybridized carbons (Fsp3) is 0.278. The molecule has 0 spiro atoms. The maximum atomic E-state index is 12.1. The molecular formula is C18H21ClN2O3S. The molecule has 134 valence electrons. The lowest BCUT2D eigenvalue weighted by molar-refractivity contribution is -0.116. The number of nitrogens with one attached hydrogen (secondary N) is 1. The molecule has 2 rings (SSSR count). The molecule has 0 unspecified atom stereocenters. The Morgan fingerprint density at radius 3 is 2.52 bits per heavy atom. The molecule has 0 aromatic heterocycles. The molecule has 25 heavy (non-hydrogen) atoms. The molecule has 0 fully saturated rings. The largest absolute Gasteiger partial charge is 0.326 e. The molecule has 0 aliphatic heterocycles. The standard InChI is InChI=1S/C18H21ClN2O3S/c1-14-7-3-4-10-17(14)20-18(22)11-6-12-21(25(2,23)24)16-9-5-8-15(19)13-16/h3-5,7-10,13H,6,11-12H2,1-2H3,(H,20,22). The second kappa shape index (κ2) is 8.36. The van der Waals surface area contributed by atoms with Crippen molar-refractivity contribution in [1.82, 2.24) is 0 Å². The number of carbonyl (C=O) groups excluding carboxylic acids is 1. The number of anilines is 2. The van der Waals surface area contributed by atoms with E-state index in [1.54, 1.807) is 24.3 Å². The van der Waals surface area contributed by atoms with Crippen LogP contribution in [0.1, 0.15) is 18.4 Å². The van der Waals surface area contributed by atoms with Crippen LogP contribution in [-0.2, 0) is 14.8 Å². The predicted molar refractivity (Wildman–Crippen MR) is 103 cm³/mol. The first-order valence-corrected chi connectivity index (χ1v) is 10.1. The fourth-order valence-electron chi connectivity index (χ4n) is 2.43. The van der Waals surface area contributed by atoms with Crippen LogP contribution in [0.15, 0.2) is 48.5 Å². The summed E-state index contributed by atoms with van der Waals surface area (Å²) < 4.78 is 25.3. The minimum Gasteiger partial charge on any atom is -0.326 e. The summed E-state index contributed by atoms with van der Waals surface area (Å²) in [7, 11) is -3.46. The van der Waals surface area contributed by atoms with Gasteiger partial charge in [0.15, 0.2) is 0 Å². The summed E-state index contributed by atoms with van der Waals surface area (Å²) in [6, 6.07) is 14.2. The van der Waals surface area contributed by atoms with E-state index >= 15 is 0 Å². The van der Waals surface area contributed by atoms with E-state index in [1.807, 2.05) is 31.2 Å². The third-order valence-electron chi connectivity index (χ3n) is 3.68. The van der Waals surface area contributed by atoms with Crippen LogP contribution in [0, 0.1) is 6.92 Å². The van der Waals surface area contributed by atoms with E-state index in [1.165, 1.54) is 4.31 Å². The van der Waals surface area contributed by atoms with Crippen LogP contribution < -0.4 is 9.62 Å². The molecule has 5 nitrogen and oxygen atoms in total. The lowest BCUT2D eigenvalue weighted by Gasteiger charge is -2.22. The molecule has 0 saturated heterocycles. The van der Waals surface area contributed by atoms with E-state index in [4.69, 9.17) is 11.6 Å². The Labute approximate surface area is 153 Å². The highest BCUT2D eigenvalue weighted by atomic mass is 35.5. The molecule has 0 saturated carbocycles. The number of halogens is 1. The van der Waals surface area contributed by atoms with Gasteiger partial charge >= 0.3 is 0 Å². The summed E-state index contributed by atoms with van der Waals surface area (Å²) in [6.07, 6.45) is 1.76. The Morgan fingerprint density at radius 1 is 1.16 bits per heavy atom. The zero-order valence-corrected chi connectivity index (χ0v) is 15.8. The van der Waals surface area contributed by atoms with E-state index in [9.17, 15) is 13.2 Å². The Morgan fingerprint density at radius 2 is 1.88 bits per heavy atom. The van der Waals surface area contributed by atoms with Crippen molar-refractivity contribution in [3.8, 4) is 0 Å². The summed E-state index contributed by atoms with van der Waals surface area (Å²) in [5.41, 5.74) is 2.24. The van der Waals surface area contributed by atoms with Gasteiger partial charge in [0.25, 0.3) is 0 Å². The summed E-state index contributed by atoms with van der Waals surface area (Å²) in [4.78, 5) is 12.1. The Kier molecular flexibility index (Phi) is 6.45. The zero-order valence-electron chi connectivity index (χ0n) is 14.2. The topological polar surface area (TPSA) is 66.5 Å². The van der Waals surface area contributed by atoms with Crippen molar-refractivity contribution in [3.63, 3.8) is 0 Å². The van der Waals surface area contributed by atoms with Crippen molar-refractivity contribution in [2.75, 3.05) is 22.4 Å². The monoisotopic (exact) mass is 380 g/mol. The average molecular weight is 381 g/mol. The molecule has 0 aliphatic carbocycles. The summed E-state index contributed by atoms with van der Waals surface area (Å²) in [5, 5.41) is 3.31. The number of para-hydroxylation sites is 1. The van der Waals surface area contributed by atoms with Crippen molar-refractivity contribution >= 4 is 38.9 Å². The van der Waals surface area contributed by atoms with Gasteiger partial charge in [-0.3, -0.25) is 9.10 Å². The SMILES string of the molecule is Cc1ccccc1NC(=O)CCCN(c1cccc(Cl)c1)S(C)(=O)=O. The predicted octanol–water partition coefficient (Wildman–Crippen LogP) is 3.83. The van der Waals surface area contributed by atoms with Gasteiger partial charge < -0.3 is 5.32 Å². The minimum atomic E-state index is -3.46. The molecule has 1 N–H and O–H groups in total. The van der Waals surface area contributed by atoms with Gasteiger partial charge in [-0.1, -0.05) is 35.9 Å². The number of nitrogens with zero attached hydrogens (tertiary/aromatic N) is 1. The third-order valence-corrected chi connectivity index (χ3v) is 5.11. The number of hydrogen-bond donors (Lipinski definition) is 1. The molecule has 2 aromatic rings. The zero-order chi connectivity index (χ0) is 18.4. The maximum Gasteiger partial charge on any atom is 0.232 e.